The minimum absolute atomic E-state index is 0.202. The molecule has 0 saturated heterocycles. The fraction of sp³-hybridized carbons (Fsp3) is 0.250. The molecule has 0 radical (unpaired) electrons. The molecule has 0 atom stereocenters. The lowest BCUT2D eigenvalue weighted by Gasteiger charge is -2.08. The summed E-state index contributed by atoms with van der Waals surface area (Å²) in [6.45, 7) is 0.0486. The van der Waals surface area contributed by atoms with Crippen molar-refractivity contribution in [3.05, 3.63) is 53.3 Å². The van der Waals surface area contributed by atoms with Gasteiger partial charge in [0, 0.05) is 20.6 Å². The van der Waals surface area contributed by atoms with E-state index < -0.39 is 22.0 Å². The predicted molar refractivity (Wildman–Crippen MR) is 91.6 cm³/mol. The van der Waals surface area contributed by atoms with Crippen molar-refractivity contribution in [3.63, 3.8) is 0 Å². The van der Waals surface area contributed by atoms with Crippen LogP contribution in [0.1, 0.15) is 21.7 Å². The number of hydrogen-bond donors (Lipinski definition) is 2. The second-order valence-electron chi connectivity index (χ2n) is 5.50. The van der Waals surface area contributed by atoms with Crippen molar-refractivity contribution in [2.45, 2.75) is 18.2 Å². The van der Waals surface area contributed by atoms with E-state index in [1.807, 2.05) is 0 Å². The van der Waals surface area contributed by atoms with E-state index in [1.54, 1.807) is 24.3 Å². The molecule has 0 bridgehead atoms. The van der Waals surface area contributed by atoms with Crippen LogP contribution in [0.15, 0.2) is 45.9 Å². The maximum Gasteiger partial charge on any atom is 0.338 e. The molecular weight excluding hydrogens is 362 g/mol. The van der Waals surface area contributed by atoms with Crippen molar-refractivity contribution >= 4 is 22.0 Å². The largest absolute Gasteiger partial charge is 0.454 e. The number of amides is 2. The Morgan fingerprint density at radius 1 is 1.15 bits per heavy atom. The second-order valence-corrected chi connectivity index (χ2v) is 7.58. The first-order valence-electron chi connectivity index (χ1n) is 7.51. The normalized spacial score (nSPS) is 11.3. The number of primary amides is 1. The van der Waals surface area contributed by atoms with Gasteiger partial charge >= 0.3 is 12.0 Å². The molecule has 1 aromatic carbocycles. The maximum absolute atomic E-state index is 12.0. The summed E-state index contributed by atoms with van der Waals surface area (Å²) < 4.78 is 35.2. The zero-order valence-corrected chi connectivity index (χ0v) is 15.1. The van der Waals surface area contributed by atoms with E-state index in [4.69, 9.17) is 14.9 Å². The van der Waals surface area contributed by atoms with Crippen LogP contribution in [0.3, 0.4) is 0 Å². The van der Waals surface area contributed by atoms with Gasteiger partial charge in [0.15, 0.2) is 0 Å². The van der Waals surface area contributed by atoms with Gasteiger partial charge in [-0.25, -0.2) is 22.3 Å². The first-order valence-corrected chi connectivity index (χ1v) is 8.95. The van der Waals surface area contributed by atoms with Crippen LogP contribution in [0.4, 0.5) is 4.79 Å². The Morgan fingerprint density at radius 2 is 1.81 bits per heavy atom. The summed E-state index contributed by atoms with van der Waals surface area (Å²) in [6, 6.07) is 8.50. The summed E-state index contributed by atoms with van der Waals surface area (Å²) in [5, 5.41) is 2.21. The highest BCUT2D eigenvalue weighted by Crippen LogP contribution is 2.18. The number of furan rings is 1. The number of nitrogens with one attached hydrogen (secondary N) is 1. The number of esters is 1. The summed E-state index contributed by atoms with van der Waals surface area (Å²) in [4.78, 5) is 22.7. The topological polar surface area (TPSA) is 132 Å². The Hall–Kier alpha value is -2.85. The van der Waals surface area contributed by atoms with Crippen molar-refractivity contribution in [1.82, 2.24) is 9.62 Å². The van der Waals surface area contributed by atoms with Crippen LogP contribution < -0.4 is 11.1 Å². The van der Waals surface area contributed by atoms with E-state index in [0.29, 0.717) is 5.56 Å². The molecule has 0 fully saturated rings. The zero-order valence-electron chi connectivity index (χ0n) is 14.3. The van der Waals surface area contributed by atoms with Gasteiger partial charge in [-0.2, -0.15) is 0 Å². The van der Waals surface area contributed by atoms with E-state index in [-0.39, 0.29) is 24.0 Å². The van der Waals surface area contributed by atoms with Crippen LogP contribution in [0.25, 0.3) is 0 Å². The molecule has 10 heteroatoms. The van der Waals surface area contributed by atoms with Crippen molar-refractivity contribution in [2.24, 2.45) is 5.73 Å². The molecule has 0 spiro atoms. The van der Waals surface area contributed by atoms with Crippen LogP contribution in [-0.2, 0) is 27.9 Å². The number of carbonyl (C=O) groups is 2. The fourth-order valence-corrected chi connectivity index (χ4v) is 2.73. The van der Waals surface area contributed by atoms with Gasteiger partial charge in [0.2, 0.25) is 5.09 Å². The molecule has 2 amide bonds. The number of hydrogen-bond acceptors (Lipinski definition) is 6. The third-order valence-corrected chi connectivity index (χ3v) is 5.06. The van der Waals surface area contributed by atoms with Crippen LogP contribution in [0, 0.1) is 0 Å². The van der Waals surface area contributed by atoms with Gasteiger partial charge in [0.05, 0.1) is 5.56 Å². The molecule has 9 nitrogen and oxygen atoms in total. The third kappa shape index (κ3) is 4.83. The van der Waals surface area contributed by atoms with Crippen molar-refractivity contribution in [1.29, 1.82) is 0 Å². The molecule has 0 aliphatic heterocycles. The minimum atomic E-state index is -3.68. The van der Waals surface area contributed by atoms with Gasteiger partial charge in [-0.05, 0) is 29.8 Å². The second kappa shape index (κ2) is 8.02. The number of benzene rings is 1. The first-order chi connectivity index (χ1) is 12.2. The SMILES string of the molecule is CN(C)S(=O)(=O)c1ccc(COC(=O)c2ccc(CNC(N)=O)cc2)o1. The fourth-order valence-electron chi connectivity index (χ4n) is 1.92. The highest BCUT2D eigenvalue weighted by atomic mass is 32.2. The maximum atomic E-state index is 12.0. The van der Waals surface area contributed by atoms with Gasteiger partial charge in [-0.15, -0.1) is 0 Å². The third-order valence-electron chi connectivity index (χ3n) is 3.37. The lowest BCUT2D eigenvalue weighted by atomic mass is 10.1. The Kier molecular flexibility index (Phi) is 6.01. The zero-order chi connectivity index (χ0) is 19.3. The summed E-state index contributed by atoms with van der Waals surface area (Å²) in [5.74, 6) is -0.381. The van der Waals surface area contributed by atoms with Gasteiger partial charge in [0.1, 0.15) is 12.4 Å². The molecular formula is C16H19N3O6S. The summed E-state index contributed by atoms with van der Waals surface area (Å²) >= 11 is 0. The summed E-state index contributed by atoms with van der Waals surface area (Å²) in [5.41, 5.74) is 6.06. The Labute approximate surface area is 150 Å². The lowest BCUT2D eigenvalue weighted by molar-refractivity contribution is 0.0440. The molecule has 1 heterocycles. The molecule has 2 aromatic rings. The van der Waals surface area contributed by atoms with E-state index in [9.17, 15) is 18.0 Å². The Balaban J connectivity index is 1.95. The summed E-state index contributed by atoms with van der Waals surface area (Å²) in [6.07, 6.45) is 0. The quantitative estimate of drug-likeness (QED) is 0.689. The van der Waals surface area contributed by atoms with Crippen LogP contribution in [0.2, 0.25) is 0 Å². The standard InChI is InChI=1S/C16H19N3O6S/c1-19(2)26(22,23)14-8-7-13(25-14)10-24-15(20)12-5-3-11(4-6-12)9-18-16(17)21/h3-8H,9-10H2,1-2H3,(H3,17,18,21). The van der Waals surface area contributed by atoms with Crippen LogP contribution in [-0.4, -0.2) is 38.8 Å². The molecule has 0 aliphatic rings. The van der Waals surface area contributed by atoms with Crippen molar-refractivity contribution < 1.29 is 27.2 Å². The van der Waals surface area contributed by atoms with E-state index in [2.05, 4.69) is 5.32 Å². The average Bonchev–Trinajstić information content (AvgIpc) is 3.08. The molecule has 0 aliphatic carbocycles. The van der Waals surface area contributed by atoms with E-state index in [1.165, 1.54) is 26.2 Å². The average molecular weight is 381 g/mol. The van der Waals surface area contributed by atoms with Crippen molar-refractivity contribution in [2.75, 3.05) is 14.1 Å². The van der Waals surface area contributed by atoms with Crippen LogP contribution >= 0.6 is 0 Å². The van der Waals surface area contributed by atoms with Gasteiger partial charge in [0.25, 0.3) is 10.0 Å². The molecule has 2 rings (SSSR count). The lowest BCUT2D eigenvalue weighted by Crippen LogP contribution is -2.28. The molecule has 0 saturated carbocycles. The van der Waals surface area contributed by atoms with E-state index >= 15 is 0 Å². The summed E-state index contributed by atoms with van der Waals surface area (Å²) in [7, 11) is -0.898. The van der Waals surface area contributed by atoms with Crippen LogP contribution in [0.5, 0.6) is 0 Å². The van der Waals surface area contributed by atoms with Gasteiger partial charge in [-0.3, -0.25) is 0 Å². The van der Waals surface area contributed by atoms with Crippen molar-refractivity contribution in [3.8, 4) is 0 Å². The molecule has 1 aromatic heterocycles. The van der Waals surface area contributed by atoms with Gasteiger partial charge < -0.3 is 20.2 Å². The highest BCUT2D eigenvalue weighted by molar-refractivity contribution is 7.88. The number of ether oxygens (including phenoxy) is 1. The molecule has 0 unspecified atom stereocenters. The Morgan fingerprint density at radius 3 is 2.38 bits per heavy atom. The monoisotopic (exact) mass is 381 g/mol. The number of rotatable bonds is 7. The number of sulfonamides is 1. The van der Waals surface area contributed by atoms with E-state index in [0.717, 1.165) is 9.87 Å². The predicted octanol–water partition coefficient (Wildman–Crippen LogP) is 1.06. The number of nitrogens with zero attached hydrogens (tertiary/aromatic N) is 1. The highest BCUT2D eigenvalue weighted by Gasteiger charge is 2.21. The number of carbonyl (C=O) groups excluding carboxylic acids is 2. The molecule has 3 N–H and O–H groups in total. The molecule has 26 heavy (non-hydrogen) atoms. The smallest absolute Gasteiger partial charge is 0.338 e. The minimum Gasteiger partial charge on any atom is -0.454 e. The Bertz CT molecular complexity index is 887. The van der Waals surface area contributed by atoms with Gasteiger partial charge in [-0.1, -0.05) is 12.1 Å². The number of urea groups is 1. The number of nitrogens with two attached hydrogens (primary N) is 1. The molecule has 140 valence electrons. The first kappa shape index (κ1) is 19.5.